The summed E-state index contributed by atoms with van der Waals surface area (Å²) in [5, 5.41) is 0.324. The number of nitrogen functional groups attached to an aromatic ring is 1. The molecule has 0 aliphatic rings. The van der Waals surface area contributed by atoms with Crippen molar-refractivity contribution in [2.75, 3.05) is 5.73 Å². The van der Waals surface area contributed by atoms with Crippen LogP contribution < -0.4 is 16.0 Å². The van der Waals surface area contributed by atoms with Crippen molar-refractivity contribution >= 4 is 17.3 Å². The van der Waals surface area contributed by atoms with E-state index in [1.165, 1.54) is 12.4 Å². The monoisotopic (exact) mass is 237 g/mol. The van der Waals surface area contributed by atoms with Gasteiger partial charge in [0.25, 0.3) is 5.88 Å². The lowest BCUT2D eigenvalue weighted by atomic mass is 10.3. The summed E-state index contributed by atoms with van der Waals surface area (Å²) in [6.07, 6.45) is 2.81. The molecule has 2 rings (SSSR count). The van der Waals surface area contributed by atoms with Crippen molar-refractivity contribution in [3.8, 4) is 11.6 Å². The van der Waals surface area contributed by atoms with E-state index in [1.807, 2.05) is 0 Å². The Balaban J connectivity index is 2.42. The van der Waals surface area contributed by atoms with Crippen molar-refractivity contribution in [1.82, 2.24) is 9.97 Å². The lowest BCUT2D eigenvalue weighted by Crippen LogP contribution is -2.10. The molecule has 3 N–H and O–H groups in total. The fraction of sp³-hybridized carbons (Fsp3) is 0. The average Bonchev–Trinajstić information content (AvgIpc) is 2.26. The molecule has 0 aliphatic heterocycles. The summed E-state index contributed by atoms with van der Waals surface area (Å²) in [6.45, 7) is 0. The number of para-hydroxylation sites is 1. The zero-order valence-corrected chi connectivity index (χ0v) is 8.86. The molecule has 16 heavy (non-hydrogen) atoms. The number of ether oxygens (including phenoxy) is 1. The van der Waals surface area contributed by atoms with Gasteiger partial charge in [-0.2, -0.15) is 0 Å². The summed E-state index contributed by atoms with van der Waals surface area (Å²) in [5.41, 5.74) is 5.57. The van der Waals surface area contributed by atoms with Crippen molar-refractivity contribution in [3.05, 3.63) is 46.0 Å². The Morgan fingerprint density at radius 1 is 1.44 bits per heavy atom. The van der Waals surface area contributed by atoms with E-state index < -0.39 is 5.56 Å². The molecule has 2 aromatic rings. The van der Waals surface area contributed by atoms with E-state index >= 15 is 0 Å². The SMILES string of the molecule is Nc1cccc(Cl)c1Oc1ncc[nH]c1=O. The Morgan fingerprint density at radius 3 is 2.94 bits per heavy atom. The van der Waals surface area contributed by atoms with Gasteiger partial charge in [-0.1, -0.05) is 17.7 Å². The number of benzene rings is 1. The van der Waals surface area contributed by atoms with Gasteiger partial charge in [-0.3, -0.25) is 4.79 Å². The Hall–Kier alpha value is -2.01. The second-order valence-electron chi connectivity index (χ2n) is 2.98. The maximum absolute atomic E-state index is 11.3. The number of nitrogens with two attached hydrogens (primary N) is 1. The number of rotatable bonds is 2. The number of hydrogen-bond donors (Lipinski definition) is 2. The van der Waals surface area contributed by atoms with Crippen molar-refractivity contribution in [1.29, 1.82) is 0 Å². The Labute approximate surface area is 95.8 Å². The molecule has 1 aromatic heterocycles. The third-order valence-electron chi connectivity index (χ3n) is 1.87. The van der Waals surface area contributed by atoms with E-state index in [4.69, 9.17) is 22.1 Å². The maximum Gasteiger partial charge on any atom is 0.311 e. The molecular weight excluding hydrogens is 230 g/mol. The third-order valence-corrected chi connectivity index (χ3v) is 2.17. The maximum atomic E-state index is 11.3. The predicted octanol–water partition coefficient (Wildman–Crippen LogP) is 1.80. The van der Waals surface area contributed by atoms with Gasteiger partial charge in [-0.25, -0.2) is 4.98 Å². The topological polar surface area (TPSA) is 81.0 Å². The first-order valence-electron chi connectivity index (χ1n) is 4.44. The van der Waals surface area contributed by atoms with Crippen molar-refractivity contribution in [3.63, 3.8) is 0 Å². The van der Waals surface area contributed by atoms with Gasteiger partial charge in [0.15, 0.2) is 5.75 Å². The number of anilines is 1. The van der Waals surface area contributed by atoms with Gasteiger partial charge in [0, 0.05) is 12.4 Å². The Morgan fingerprint density at radius 2 is 2.25 bits per heavy atom. The molecule has 0 unspecified atom stereocenters. The molecule has 1 aromatic carbocycles. The highest BCUT2D eigenvalue weighted by molar-refractivity contribution is 6.32. The largest absolute Gasteiger partial charge is 0.431 e. The number of H-pyrrole nitrogens is 1. The minimum atomic E-state index is -0.443. The van der Waals surface area contributed by atoms with Crippen molar-refractivity contribution < 1.29 is 4.74 Å². The van der Waals surface area contributed by atoms with Gasteiger partial charge in [-0.05, 0) is 12.1 Å². The van der Waals surface area contributed by atoms with Gasteiger partial charge in [0.1, 0.15) is 0 Å². The van der Waals surface area contributed by atoms with Crippen molar-refractivity contribution in [2.24, 2.45) is 0 Å². The highest BCUT2D eigenvalue weighted by Crippen LogP contribution is 2.32. The van der Waals surface area contributed by atoms with Crippen LogP contribution in [0.1, 0.15) is 0 Å². The number of nitrogens with zero attached hydrogens (tertiary/aromatic N) is 1. The summed E-state index contributed by atoms with van der Waals surface area (Å²) in [5.74, 6) is 0.135. The van der Waals surface area contributed by atoms with Crippen LogP contribution in [0.3, 0.4) is 0 Å². The predicted molar refractivity (Wildman–Crippen MR) is 60.8 cm³/mol. The minimum absolute atomic E-state index is 0.0951. The van der Waals surface area contributed by atoms with Gasteiger partial charge in [-0.15, -0.1) is 0 Å². The number of aromatic amines is 1. The van der Waals surface area contributed by atoms with Crippen LogP contribution in [0.5, 0.6) is 11.6 Å². The first kappa shape index (κ1) is 10.5. The van der Waals surface area contributed by atoms with E-state index in [-0.39, 0.29) is 11.6 Å². The molecule has 0 amide bonds. The van der Waals surface area contributed by atoms with Crippen LogP contribution in [0.25, 0.3) is 0 Å². The lowest BCUT2D eigenvalue weighted by molar-refractivity contribution is 0.456. The van der Waals surface area contributed by atoms with Crippen LogP contribution in [0.2, 0.25) is 5.02 Å². The minimum Gasteiger partial charge on any atom is -0.431 e. The van der Waals surface area contributed by atoms with Crippen LogP contribution in [0, 0.1) is 0 Å². The van der Waals surface area contributed by atoms with Crippen LogP contribution in [0.4, 0.5) is 5.69 Å². The summed E-state index contributed by atoms with van der Waals surface area (Å²) in [6, 6.07) is 4.93. The van der Waals surface area contributed by atoms with Crippen LogP contribution in [0.15, 0.2) is 35.4 Å². The van der Waals surface area contributed by atoms with Crippen LogP contribution in [-0.4, -0.2) is 9.97 Å². The summed E-state index contributed by atoms with van der Waals surface area (Å²) >= 11 is 5.89. The van der Waals surface area contributed by atoms with E-state index in [9.17, 15) is 4.79 Å². The molecule has 0 spiro atoms. The van der Waals surface area contributed by atoms with Crippen LogP contribution >= 0.6 is 11.6 Å². The number of aromatic nitrogens is 2. The fourth-order valence-corrected chi connectivity index (χ4v) is 1.36. The zero-order valence-electron chi connectivity index (χ0n) is 8.11. The van der Waals surface area contributed by atoms with E-state index in [1.54, 1.807) is 18.2 Å². The van der Waals surface area contributed by atoms with Gasteiger partial charge in [0.2, 0.25) is 0 Å². The molecule has 82 valence electrons. The molecule has 0 saturated carbocycles. The number of hydrogen-bond acceptors (Lipinski definition) is 4. The summed E-state index contributed by atoms with van der Waals surface area (Å²) in [4.78, 5) is 17.5. The third kappa shape index (κ3) is 1.99. The highest BCUT2D eigenvalue weighted by atomic mass is 35.5. The molecule has 5 nitrogen and oxygen atoms in total. The van der Waals surface area contributed by atoms with Gasteiger partial charge < -0.3 is 15.5 Å². The lowest BCUT2D eigenvalue weighted by Gasteiger charge is -2.07. The summed E-state index contributed by atoms with van der Waals surface area (Å²) < 4.78 is 5.26. The molecule has 0 radical (unpaired) electrons. The molecular formula is C10H8ClN3O2. The first-order chi connectivity index (χ1) is 7.68. The molecule has 0 atom stereocenters. The normalized spacial score (nSPS) is 10.1. The van der Waals surface area contributed by atoms with E-state index in [2.05, 4.69) is 9.97 Å². The van der Waals surface area contributed by atoms with Crippen LogP contribution in [-0.2, 0) is 0 Å². The Bertz CT molecular complexity index is 548. The quantitative estimate of drug-likeness (QED) is 0.781. The number of halogens is 1. The second kappa shape index (κ2) is 4.24. The molecule has 0 aliphatic carbocycles. The van der Waals surface area contributed by atoms with Gasteiger partial charge >= 0.3 is 5.56 Å². The molecule has 0 fully saturated rings. The molecule has 0 bridgehead atoms. The highest BCUT2D eigenvalue weighted by Gasteiger charge is 2.09. The Kier molecular flexibility index (Phi) is 2.78. The molecule has 1 heterocycles. The molecule has 6 heteroatoms. The second-order valence-corrected chi connectivity index (χ2v) is 3.39. The zero-order chi connectivity index (χ0) is 11.5. The van der Waals surface area contributed by atoms with E-state index in [0.717, 1.165) is 0 Å². The summed E-state index contributed by atoms with van der Waals surface area (Å²) in [7, 11) is 0. The smallest absolute Gasteiger partial charge is 0.311 e. The standard InChI is InChI=1S/C10H8ClN3O2/c11-6-2-1-3-7(12)8(6)16-10-9(15)13-4-5-14-10/h1-5H,12H2,(H,13,15). The first-order valence-corrected chi connectivity index (χ1v) is 4.82. The van der Waals surface area contributed by atoms with E-state index in [0.29, 0.717) is 10.7 Å². The van der Waals surface area contributed by atoms with Crippen molar-refractivity contribution in [2.45, 2.75) is 0 Å². The average molecular weight is 238 g/mol. The number of nitrogens with one attached hydrogen (secondary N) is 1. The van der Waals surface area contributed by atoms with Gasteiger partial charge in [0.05, 0.1) is 10.7 Å². The fourth-order valence-electron chi connectivity index (χ4n) is 1.14. The molecule has 0 saturated heterocycles.